The number of hydrogen-bond acceptors (Lipinski definition) is 3. The van der Waals surface area contributed by atoms with Crippen LogP contribution >= 0.6 is 0 Å². The van der Waals surface area contributed by atoms with E-state index in [1.165, 1.54) is 0 Å². The van der Waals surface area contributed by atoms with E-state index in [4.69, 9.17) is 10.5 Å². The molecule has 2 rings (SSSR count). The van der Waals surface area contributed by atoms with E-state index in [1.807, 2.05) is 24.3 Å². The Balaban J connectivity index is 2.28. The van der Waals surface area contributed by atoms with Crippen LogP contribution in [-0.2, 0) is 6.42 Å². The molecule has 0 radical (unpaired) electrons. The Morgan fingerprint density at radius 2 is 1.95 bits per heavy atom. The third-order valence-electron chi connectivity index (χ3n) is 3.07. The third kappa shape index (κ3) is 2.91. The molecule has 0 bridgehead atoms. The molecule has 1 amide bonds. The van der Waals surface area contributed by atoms with Gasteiger partial charge in [0.25, 0.3) is 5.91 Å². The van der Waals surface area contributed by atoms with Gasteiger partial charge >= 0.3 is 0 Å². The summed E-state index contributed by atoms with van der Waals surface area (Å²) < 4.78 is 5.84. The van der Waals surface area contributed by atoms with Crippen molar-refractivity contribution in [1.82, 2.24) is 5.32 Å². The Labute approximate surface area is 118 Å². The molecule has 0 aliphatic carbocycles. The highest BCUT2D eigenvalue weighted by Crippen LogP contribution is 2.30. The molecule has 0 aliphatic rings. The predicted octanol–water partition coefficient (Wildman–Crippen LogP) is 2.98. The van der Waals surface area contributed by atoms with Crippen LogP contribution in [0, 0.1) is 0 Å². The third-order valence-corrected chi connectivity index (χ3v) is 3.07. The van der Waals surface area contributed by atoms with Crippen molar-refractivity contribution < 1.29 is 9.53 Å². The molecule has 2 aromatic carbocycles. The minimum absolute atomic E-state index is 0.169. The van der Waals surface area contributed by atoms with Crippen molar-refractivity contribution in [3.63, 3.8) is 0 Å². The van der Waals surface area contributed by atoms with E-state index in [1.54, 1.807) is 25.2 Å². The molecule has 0 unspecified atom stereocenters. The van der Waals surface area contributed by atoms with Gasteiger partial charge in [-0.1, -0.05) is 25.1 Å². The van der Waals surface area contributed by atoms with Crippen molar-refractivity contribution in [2.75, 3.05) is 12.8 Å². The van der Waals surface area contributed by atoms with Crippen LogP contribution in [-0.4, -0.2) is 13.0 Å². The van der Waals surface area contributed by atoms with E-state index in [0.29, 0.717) is 17.0 Å². The number of ether oxygens (including phenoxy) is 1. The first-order valence-electron chi connectivity index (χ1n) is 6.53. The number of anilines is 1. The summed E-state index contributed by atoms with van der Waals surface area (Å²) in [6, 6.07) is 12.8. The van der Waals surface area contributed by atoms with Crippen LogP contribution < -0.4 is 15.8 Å². The van der Waals surface area contributed by atoms with E-state index in [-0.39, 0.29) is 5.91 Å². The van der Waals surface area contributed by atoms with Crippen molar-refractivity contribution in [1.29, 1.82) is 0 Å². The van der Waals surface area contributed by atoms with Crippen molar-refractivity contribution in [2.45, 2.75) is 13.3 Å². The monoisotopic (exact) mass is 270 g/mol. The molecule has 0 aromatic heterocycles. The number of para-hydroxylation sites is 1. The van der Waals surface area contributed by atoms with Gasteiger partial charge in [0.05, 0.1) is 5.69 Å². The van der Waals surface area contributed by atoms with Crippen molar-refractivity contribution in [3.8, 4) is 11.5 Å². The molecule has 0 atom stereocenters. The van der Waals surface area contributed by atoms with Gasteiger partial charge in [-0.05, 0) is 36.2 Å². The van der Waals surface area contributed by atoms with Gasteiger partial charge in [0.1, 0.15) is 11.5 Å². The van der Waals surface area contributed by atoms with Crippen molar-refractivity contribution >= 4 is 11.6 Å². The molecular formula is C16H18N2O2. The number of carbonyl (C=O) groups excluding carboxylic acids is 1. The van der Waals surface area contributed by atoms with Crippen molar-refractivity contribution in [3.05, 3.63) is 53.6 Å². The van der Waals surface area contributed by atoms with Crippen LogP contribution in [0.1, 0.15) is 22.8 Å². The minimum Gasteiger partial charge on any atom is -0.455 e. The second-order valence-electron chi connectivity index (χ2n) is 4.40. The second kappa shape index (κ2) is 6.10. The minimum atomic E-state index is -0.169. The van der Waals surface area contributed by atoms with Gasteiger partial charge in [-0.3, -0.25) is 4.79 Å². The fourth-order valence-electron chi connectivity index (χ4n) is 1.94. The zero-order chi connectivity index (χ0) is 14.5. The number of carbonyl (C=O) groups is 1. The average Bonchev–Trinajstić information content (AvgIpc) is 2.49. The van der Waals surface area contributed by atoms with Crippen LogP contribution in [0.4, 0.5) is 5.69 Å². The molecule has 4 nitrogen and oxygen atoms in total. The summed E-state index contributed by atoms with van der Waals surface area (Å²) >= 11 is 0. The number of aryl methyl sites for hydroxylation is 1. The Kier molecular flexibility index (Phi) is 4.25. The van der Waals surface area contributed by atoms with E-state index >= 15 is 0 Å². The van der Waals surface area contributed by atoms with Crippen LogP contribution in [0.15, 0.2) is 42.5 Å². The maximum atomic E-state index is 11.5. The quantitative estimate of drug-likeness (QED) is 0.839. The van der Waals surface area contributed by atoms with Crippen LogP contribution in [0.3, 0.4) is 0 Å². The summed E-state index contributed by atoms with van der Waals surface area (Å²) in [4.78, 5) is 11.5. The van der Waals surface area contributed by atoms with Crippen LogP contribution in [0.5, 0.6) is 11.5 Å². The maximum Gasteiger partial charge on any atom is 0.251 e. The largest absolute Gasteiger partial charge is 0.455 e. The summed E-state index contributed by atoms with van der Waals surface area (Å²) in [7, 11) is 1.58. The SMILES string of the molecule is CCc1ccccc1Oc1ccc(C(=O)NC)cc1N. The van der Waals surface area contributed by atoms with Crippen LogP contribution in [0.25, 0.3) is 0 Å². The average molecular weight is 270 g/mol. The van der Waals surface area contributed by atoms with Gasteiger partial charge in [0.15, 0.2) is 0 Å². The molecule has 104 valence electrons. The molecule has 0 aliphatic heterocycles. The number of benzene rings is 2. The van der Waals surface area contributed by atoms with Crippen LogP contribution in [0.2, 0.25) is 0 Å². The van der Waals surface area contributed by atoms with Gasteiger partial charge in [-0.2, -0.15) is 0 Å². The van der Waals surface area contributed by atoms with Gasteiger partial charge in [-0.15, -0.1) is 0 Å². The Morgan fingerprint density at radius 1 is 1.20 bits per heavy atom. The fraction of sp³-hybridized carbons (Fsp3) is 0.188. The zero-order valence-corrected chi connectivity index (χ0v) is 11.6. The number of nitrogen functional groups attached to an aromatic ring is 1. The molecular weight excluding hydrogens is 252 g/mol. The lowest BCUT2D eigenvalue weighted by atomic mass is 10.1. The van der Waals surface area contributed by atoms with E-state index in [2.05, 4.69) is 12.2 Å². The first kappa shape index (κ1) is 13.9. The molecule has 0 saturated carbocycles. The Hall–Kier alpha value is -2.49. The standard InChI is InChI=1S/C16H18N2O2/c1-3-11-6-4-5-7-14(11)20-15-9-8-12(10-13(15)17)16(19)18-2/h4-10H,3,17H2,1-2H3,(H,18,19). The predicted molar refractivity (Wildman–Crippen MR) is 80.1 cm³/mol. The second-order valence-corrected chi connectivity index (χ2v) is 4.40. The van der Waals surface area contributed by atoms with E-state index in [9.17, 15) is 4.79 Å². The normalized spacial score (nSPS) is 10.1. The molecule has 4 heteroatoms. The first-order chi connectivity index (χ1) is 9.65. The number of nitrogens with two attached hydrogens (primary N) is 1. The highest BCUT2D eigenvalue weighted by molar-refractivity contribution is 5.95. The van der Waals surface area contributed by atoms with E-state index in [0.717, 1.165) is 17.7 Å². The number of hydrogen-bond donors (Lipinski definition) is 2. The van der Waals surface area contributed by atoms with Crippen molar-refractivity contribution in [2.24, 2.45) is 0 Å². The molecule has 20 heavy (non-hydrogen) atoms. The summed E-state index contributed by atoms with van der Waals surface area (Å²) in [5.74, 6) is 1.17. The Bertz CT molecular complexity index is 624. The van der Waals surface area contributed by atoms with E-state index < -0.39 is 0 Å². The maximum absolute atomic E-state index is 11.5. The molecule has 3 N–H and O–H groups in total. The Morgan fingerprint density at radius 3 is 2.60 bits per heavy atom. The van der Waals surface area contributed by atoms with Gasteiger partial charge in [0.2, 0.25) is 0 Å². The highest BCUT2D eigenvalue weighted by Gasteiger charge is 2.09. The van der Waals surface area contributed by atoms with Gasteiger partial charge < -0.3 is 15.8 Å². The summed E-state index contributed by atoms with van der Waals surface area (Å²) in [6.45, 7) is 2.07. The topological polar surface area (TPSA) is 64.3 Å². The lowest BCUT2D eigenvalue weighted by molar-refractivity contribution is 0.0963. The lowest BCUT2D eigenvalue weighted by Gasteiger charge is -2.12. The molecule has 0 fully saturated rings. The number of amides is 1. The lowest BCUT2D eigenvalue weighted by Crippen LogP contribution is -2.17. The number of nitrogens with one attached hydrogen (secondary N) is 1. The molecule has 0 saturated heterocycles. The highest BCUT2D eigenvalue weighted by atomic mass is 16.5. The van der Waals surface area contributed by atoms with Gasteiger partial charge in [0, 0.05) is 12.6 Å². The summed E-state index contributed by atoms with van der Waals surface area (Å²) in [5, 5.41) is 2.56. The smallest absolute Gasteiger partial charge is 0.251 e. The summed E-state index contributed by atoms with van der Waals surface area (Å²) in [6.07, 6.45) is 0.881. The molecule has 2 aromatic rings. The summed E-state index contributed by atoms with van der Waals surface area (Å²) in [5.41, 5.74) is 8.02. The first-order valence-corrected chi connectivity index (χ1v) is 6.53. The molecule has 0 heterocycles. The molecule has 0 spiro atoms. The zero-order valence-electron chi connectivity index (χ0n) is 11.6. The fourth-order valence-corrected chi connectivity index (χ4v) is 1.94. The number of rotatable bonds is 4. The van der Waals surface area contributed by atoms with Gasteiger partial charge in [-0.25, -0.2) is 0 Å².